The molecule has 96 valence electrons. The Balaban J connectivity index is 2.42. The van der Waals surface area contributed by atoms with E-state index < -0.39 is 7.37 Å². The van der Waals surface area contributed by atoms with Crippen molar-refractivity contribution in [3.05, 3.63) is 36.5 Å². The van der Waals surface area contributed by atoms with Crippen molar-refractivity contribution >= 4 is 18.3 Å². The van der Waals surface area contributed by atoms with E-state index >= 15 is 0 Å². The summed E-state index contributed by atoms with van der Waals surface area (Å²) >= 11 is 0. The number of fused-ring (bicyclic) bond motifs is 1. The minimum Gasteiger partial charge on any atom is -0.443 e. The second kappa shape index (κ2) is 5.11. The molecule has 0 fully saturated rings. The zero-order chi connectivity index (χ0) is 13.2. The SMILES string of the molecule is CCP(=O)(CC)Oc1ccc2ccc[n+](C)c2c1. The molecule has 0 aliphatic heterocycles. The van der Waals surface area contributed by atoms with Crippen LogP contribution >= 0.6 is 7.37 Å². The van der Waals surface area contributed by atoms with Crippen LogP contribution in [0.3, 0.4) is 0 Å². The molecule has 0 unspecified atom stereocenters. The molecular formula is C14H19NO2P+. The van der Waals surface area contributed by atoms with E-state index in [2.05, 4.69) is 6.07 Å². The van der Waals surface area contributed by atoms with Gasteiger partial charge in [0.25, 0.3) is 0 Å². The maximum absolute atomic E-state index is 12.3. The third kappa shape index (κ3) is 2.56. The summed E-state index contributed by atoms with van der Waals surface area (Å²) in [5.41, 5.74) is 1.08. The molecule has 0 bridgehead atoms. The van der Waals surface area contributed by atoms with Gasteiger partial charge >= 0.3 is 0 Å². The van der Waals surface area contributed by atoms with E-state index in [0.29, 0.717) is 18.1 Å². The standard InChI is InChI=1S/C14H19NO2P/c1-4-18(16,5-2)17-13-9-8-12-7-6-10-15(3)14(12)11-13/h6-11H,4-5H2,1-3H3/q+1. The Morgan fingerprint density at radius 2 is 1.94 bits per heavy atom. The zero-order valence-corrected chi connectivity index (χ0v) is 12.0. The zero-order valence-electron chi connectivity index (χ0n) is 11.1. The lowest BCUT2D eigenvalue weighted by Crippen LogP contribution is -2.27. The van der Waals surface area contributed by atoms with Crippen LogP contribution < -0.4 is 9.09 Å². The monoisotopic (exact) mass is 264 g/mol. The van der Waals surface area contributed by atoms with Crippen molar-refractivity contribution in [2.75, 3.05) is 12.3 Å². The van der Waals surface area contributed by atoms with Gasteiger partial charge in [-0.05, 0) is 18.2 Å². The second-order valence-electron chi connectivity index (χ2n) is 4.38. The molecule has 18 heavy (non-hydrogen) atoms. The van der Waals surface area contributed by atoms with Gasteiger partial charge in [0, 0.05) is 23.8 Å². The number of benzene rings is 1. The largest absolute Gasteiger partial charge is 0.443 e. The van der Waals surface area contributed by atoms with Crippen molar-refractivity contribution < 1.29 is 13.7 Å². The van der Waals surface area contributed by atoms with Crippen LogP contribution in [0, 0.1) is 0 Å². The van der Waals surface area contributed by atoms with Crippen LogP contribution in [0.2, 0.25) is 0 Å². The molecule has 1 aromatic heterocycles. The Kier molecular flexibility index (Phi) is 3.72. The van der Waals surface area contributed by atoms with Crippen LogP contribution in [0.5, 0.6) is 5.75 Å². The molecule has 4 heteroatoms. The number of pyridine rings is 1. The van der Waals surface area contributed by atoms with Crippen LogP contribution in [0.1, 0.15) is 13.8 Å². The summed E-state index contributed by atoms with van der Waals surface area (Å²) < 4.78 is 20.1. The first-order valence-electron chi connectivity index (χ1n) is 6.24. The fourth-order valence-corrected chi connectivity index (χ4v) is 3.13. The van der Waals surface area contributed by atoms with Crippen LogP contribution in [-0.2, 0) is 11.6 Å². The topological polar surface area (TPSA) is 30.2 Å². The van der Waals surface area contributed by atoms with Gasteiger partial charge in [0.15, 0.2) is 6.20 Å². The Hall–Kier alpha value is -1.34. The summed E-state index contributed by atoms with van der Waals surface area (Å²) in [5, 5.41) is 1.15. The van der Waals surface area contributed by atoms with Gasteiger partial charge in [-0.3, -0.25) is 4.57 Å². The summed E-state index contributed by atoms with van der Waals surface area (Å²) in [6.45, 7) is 3.82. The number of aromatic nitrogens is 1. The summed E-state index contributed by atoms with van der Waals surface area (Å²) in [7, 11) is -0.514. The van der Waals surface area contributed by atoms with E-state index in [1.54, 1.807) is 0 Å². The number of nitrogens with zero attached hydrogens (tertiary/aromatic N) is 1. The summed E-state index contributed by atoms with van der Waals surface area (Å²) in [6.07, 6.45) is 3.14. The fourth-order valence-electron chi connectivity index (χ4n) is 1.93. The molecule has 0 aliphatic carbocycles. The van der Waals surface area contributed by atoms with Gasteiger partial charge in [-0.1, -0.05) is 13.8 Å². The van der Waals surface area contributed by atoms with E-state index in [1.807, 2.05) is 55.9 Å². The maximum Gasteiger partial charge on any atom is 0.247 e. The van der Waals surface area contributed by atoms with Crippen LogP contribution in [-0.4, -0.2) is 12.3 Å². The van der Waals surface area contributed by atoms with Crippen molar-refractivity contribution in [3.63, 3.8) is 0 Å². The molecule has 0 spiro atoms. The minimum atomic E-state index is -2.51. The van der Waals surface area contributed by atoms with Crippen molar-refractivity contribution in [1.29, 1.82) is 0 Å². The predicted molar refractivity (Wildman–Crippen MR) is 74.4 cm³/mol. The third-order valence-electron chi connectivity index (χ3n) is 3.20. The van der Waals surface area contributed by atoms with Gasteiger partial charge in [0.2, 0.25) is 12.9 Å². The van der Waals surface area contributed by atoms with E-state index in [4.69, 9.17) is 4.52 Å². The fraction of sp³-hybridized carbons (Fsp3) is 0.357. The highest BCUT2D eigenvalue weighted by Crippen LogP contribution is 2.46. The maximum atomic E-state index is 12.3. The first kappa shape index (κ1) is 13.1. The third-order valence-corrected chi connectivity index (χ3v) is 5.67. The van der Waals surface area contributed by atoms with E-state index in [9.17, 15) is 4.57 Å². The second-order valence-corrected chi connectivity index (χ2v) is 7.45. The average Bonchev–Trinajstić information content (AvgIpc) is 2.39. The number of hydrogen-bond acceptors (Lipinski definition) is 2. The molecule has 0 atom stereocenters. The molecule has 0 N–H and O–H groups in total. The lowest BCUT2D eigenvalue weighted by atomic mass is 10.2. The van der Waals surface area contributed by atoms with E-state index in [1.165, 1.54) is 0 Å². The number of hydrogen-bond donors (Lipinski definition) is 0. The summed E-state index contributed by atoms with van der Waals surface area (Å²) in [5.74, 6) is 0.691. The molecule has 0 saturated carbocycles. The molecule has 1 heterocycles. The summed E-state index contributed by atoms with van der Waals surface area (Å²) in [4.78, 5) is 0. The minimum absolute atomic E-state index is 0.572. The van der Waals surface area contributed by atoms with E-state index in [-0.39, 0.29) is 0 Å². The highest BCUT2D eigenvalue weighted by atomic mass is 31.2. The van der Waals surface area contributed by atoms with Crippen LogP contribution in [0.15, 0.2) is 36.5 Å². The Morgan fingerprint density at radius 3 is 2.61 bits per heavy atom. The normalized spacial score (nSPS) is 11.7. The lowest BCUT2D eigenvalue weighted by molar-refractivity contribution is -0.644. The van der Waals surface area contributed by atoms with Crippen LogP contribution in [0.4, 0.5) is 0 Å². The quantitative estimate of drug-likeness (QED) is 0.626. The number of aryl methyl sites for hydroxylation is 1. The molecule has 0 radical (unpaired) electrons. The summed E-state index contributed by atoms with van der Waals surface area (Å²) in [6, 6.07) is 9.90. The average molecular weight is 264 g/mol. The van der Waals surface area contributed by atoms with Gasteiger partial charge in [-0.15, -0.1) is 0 Å². The molecule has 1 aromatic carbocycles. The molecule has 2 rings (SSSR count). The van der Waals surface area contributed by atoms with Gasteiger partial charge in [0.05, 0.1) is 6.07 Å². The Bertz CT molecular complexity index is 602. The predicted octanol–water partition coefficient (Wildman–Crippen LogP) is 3.36. The molecule has 0 saturated heterocycles. The van der Waals surface area contributed by atoms with Crippen LogP contribution in [0.25, 0.3) is 10.9 Å². The molecule has 3 nitrogen and oxygen atoms in total. The smallest absolute Gasteiger partial charge is 0.247 e. The van der Waals surface area contributed by atoms with Crippen molar-refractivity contribution in [2.45, 2.75) is 13.8 Å². The van der Waals surface area contributed by atoms with Gasteiger partial charge in [-0.25, -0.2) is 4.57 Å². The van der Waals surface area contributed by atoms with Crippen molar-refractivity contribution in [1.82, 2.24) is 0 Å². The van der Waals surface area contributed by atoms with Crippen molar-refractivity contribution in [3.8, 4) is 5.75 Å². The molecular weight excluding hydrogens is 245 g/mol. The molecule has 0 aliphatic rings. The number of rotatable bonds is 4. The van der Waals surface area contributed by atoms with Gasteiger partial charge in [0.1, 0.15) is 12.8 Å². The van der Waals surface area contributed by atoms with Gasteiger partial charge < -0.3 is 4.52 Å². The first-order chi connectivity index (χ1) is 8.58. The highest BCUT2D eigenvalue weighted by molar-refractivity contribution is 7.59. The van der Waals surface area contributed by atoms with Gasteiger partial charge in [-0.2, -0.15) is 0 Å². The van der Waals surface area contributed by atoms with E-state index in [0.717, 1.165) is 10.9 Å². The van der Waals surface area contributed by atoms with Crippen molar-refractivity contribution in [2.24, 2.45) is 7.05 Å². The molecule has 2 aromatic rings. The highest BCUT2D eigenvalue weighted by Gasteiger charge is 2.19. The molecule has 0 amide bonds. The Labute approximate surface area is 108 Å². The lowest BCUT2D eigenvalue weighted by Gasteiger charge is -2.16. The Morgan fingerprint density at radius 1 is 1.22 bits per heavy atom. The first-order valence-corrected chi connectivity index (χ1v) is 8.23.